The van der Waals surface area contributed by atoms with Crippen molar-refractivity contribution in [1.82, 2.24) is 4.90 Å². The van der Waals surface area contributed by atoms with Crippen LogP contribution in [-0.4, -0.2) is 40.6 Å². The Labute approximate surface area is 201 Å². The number of nitrogens with zero attached hydrogens (tertiary/aromatic N) is 3. The Morgan fingerprint density at radius 1 is 0.457 bits per heavy atom. The molecular weight excluding hydrogens is 442 g/mol. The molecule has 7 atom stereocenters. The predicted octanol–water partition coefficient (Wildman–Crippen LogP) is 2.79. The second-order valence-corrected chi connectivity index (χ2v) is 9.52. The Kier molecular flexibility index (Phi) is 4.17. The summed E-state index contributed by atoms with van der Waals surface area (Å²) in [4.78, 5) is 59.4. The van der Waals surface area contributed by atoms with Crippen molar-refractivity contribution < 1.29 is 19.2 Å². The molecule has 4 fully saturated rings. The zero-order valence-electron chi connectivity index (χ0n) is 18.6. The van der Waals surface area contributed by atoms with Crippen LogP contribution in [0.5, 0.6) is 0 Å². The molecule has 3 unspecified atom stereocenters. The summed E-state index contributed by atoms with van der Waals surface area (Å²) in [5.74, 6) is -3.07. The summed E-state index contributed by atoms with van der Waals surface area (Å²) < 4.78 is 0. The van der Waals surface area contributed by atoms with Crippen LogP contribution in [0.3, 0.4) is 0 Å². The lowest BCUT2D eigenvalue weighted by Crippen LogP contribution is -2.51. The van der Waals surface area contributed by atoms with E-state index in [2.05, 4.69) is 0 Å². The van der Waals surface area contributed by atoms with Crippen molar-refractivity contribution in [3.63, 3.8) is 0 Å². The third kappa shape index (κ3) is 2.53. The monoisotopic (exact) mass is 463 g/mol. The molecular formula is C28H21N3O4. The molecule has 4 saturated heterocycles. The minimum atomic E-state index is -0.772. The van der Waals surface area contributed by atoms with E-state index in [1.807, 2.05) is 47.4 Å². The molecule has 7 heteroatoms. The van der Waals surface area contributed by atoms with Gasteiger partial charge in [-0.3, -0.25) is 24.1 Å². The summed E-state index contributed by atoms with van der Waals surface area (Å²) in [7, 11) is 0. The lowest BCUT2D eigenvalue weighted by molar-refractivity contribution is -0.129. The summed E-state index contributed by atoms with van der Waals surface area (Å²) in [6, 6.07) is 25.4. The first-order valence-corrected chi connectivity index (χ1v) is 11.8. The molecule has 35 heavy (non-hydrogen) atoms. The molecule has 4 aliphatic heterocycles. The van der Waals surface area contributed by atoms with E-state index in [0.717, 1.165) is 5.56 Å². The Morgan fingerprint density at radius 2 is 0.857 bits per heavy atom. The molecule has 172 valence electrons. The minimum absolute atomic E-state index is 0.295. The lowest BCUT2D eigenvalue weighted by atomic mass is 9.75. The van der Waals surface area contributed by atoms with E-state index in [1.165, 1.54) is 9.80 Å². The van der Waals surface area contributed by atoms with Crippen LogP contribution >= 0.6 is 0 Å². The molecule has 0 aromatic heterocycles. The molecule has 3 aromatic rings. The Bertz CT molecular complexity index is 1250. The summed E-state index contributed by atoms with van der Waals surface area (Å²) in [6.07, 6.45) is 0. The van der Waals surface area contributed by atoms with Crippen molar-refractivity contribution in [2.24, 2.45) is 17.8 Å². The van der Waals surface area contributed by atoms with Crippen LogP contribution in [0.15, 0.2) is 91.0 Å². The number of para-hydroxylation sites is 2. The Morgan fingerprint density at radius 3 is 1.29 bits per heavy atom. The lowest BCUT2D eigenvalue weighted by Gasteiger charge is -2.31. The zero-order chi connectivity index (χ0) is 23.8. The number of rotatable bonds is 3. The fourth-order valence-electron chi connectivity index (χ4n) is 6.78. The summed E-state index contributed by atoms with van der Waals surface area (Å²) >= 11 is 0. The first-order chi connectivity index (χ1) is 17.1. The van der Waals surface area contributed by atoms with Gasteiger partial charge in [0.25, 0.3) is 11.8 Å². The minimum Gasteiger partial charge on any atom is -0.274 e. The van der Waals surface area contributed by atoms with Crippen LogP contribution in [-0.2, 0) is 19.2 Å². The second kappa shape index (κ2) is 7.20. The number of carbonyl (C=O) groups is 4. The first-order valence-electron chi connectivity index (χ1n) is 11.8. The van der Waals surface area contributed by atoms with E-state index >= 15 is 0 Å². The van der Waals surface area contributed by atoms with Gasteiger partial charge in [-0.1, -0.05) is 66.7 Å². The van der Waals surface area contributed by atoms with Crippen LogP contribution in [0.1, 0.15) is 11.6 Å². The topological polar surface area (TPSA) is 78.0 Å². The molecule has 7 nitrogen and oxygen atoms in total. The molecule has 4 amide bonds. The van der Waals surface area contributed by atoms with Gasteiger partial charge in [-0.15, -0.1) is 0 Å². The largest absolute Gasteiger partial charge is 0.274 e. The number of fused-ring (bicyclic) bond motifs is 8. The van der Waals surface area contributed by atoms with Crippen molar-refractivity contribution >= 4 is 35.0 Å². The van der Waals surface area contributed by atoms with Gasteiger partial charge in [0.05, 0.1) is 23.2 Å². The highest BCUT2D eigenvalue weighted by Gasteiger charge is 2.76. The SMILES string of the molecule is O=C1[C@@H]2C3C(c4ccccc4)N([C@@H]2C(=O)N1c1ccccc1)[C@H]1C(=O)N(c2ccccc2)C(=O)[C@@H]31. The summed E-state index contributed by atoms with van der Waals surface area (Å²) in [5.41, 5.74) is 1.95. The molecule has 7 rings (SSSR count). The molecule has 0 saturated carbocycles. The van der Waals surface area contributed by atoms with E-state index in [9.17, 15) is 19.2 Å². The van der Waals surface area contributed by atoms with Crippen LogP contribution in [0.2, 0.25) is 0 Å². The molecule has 0 aliphatic carbocycles. The van der Waals surface area contributed by atoms with E-state index in [1.54, 1.807) is 48.5 Å². The van der Waals surface area contributed by atoms with E-state index in [4.69, 9.17) is 0 Å². The van der Waals surface area contributed by atoms with E-state index in [-0.39, 0.29) is 29.7 Å². The average Bonchev–Trinajstić information content (AvgIpc) is 3.57. The normalized spacial score (nSPS) is 33.0. The molecule has 4 aliphatic rings. The van der Waals surface area contributed by atoms with E-state index < -0.39 is 29.8 Å². The van der Waals surface area contributed by atoms with Crippen molar-refractivity contribution in [3.8, 4) is 0 Å². The van der Waals surface area contributed by atoms with E-state index in [0.29, 0.717) is 11.4 Å². The maximum Gasteiger partial charge on any atom is 0.251 e. The molecule has 2 bridgehead atoms. The van der Waals surface area contributed by atoms with Crippen LogP contribution in [0, 0.1) is 17.8 Å². The molecule has 3 aromatic carbocycles. The van der Waals surface area contributed by atoms with Crippen molar-refractivity contribution in [3.05, 3.63) is 96.6 Å². The van der Waals surface area contributed by atoms with Gasteiger partial charge in [-0.2, -0.15) is 0 Å². The highest BCUT2D eigenvalue weighted by atomic mass is 16.2. The van der Waals surface area contributed by atoms with Gasteiger partial charge in [-0.25, -0.2) is 9.80 Å². The van der Waals surface area contributed by atoms with Gasteiger partial charge in [0, 0.05) is 12.0 Å². The number of anilines is 2. The quantitative estimate of drug-likeness (QED) is 0.559. The number of hydrogen-bond acceptors (Lipinski definition) is 5. The van der Waals surface area contributed by atoms with Crippen LogP contribution in [0.25, 0.3) is 0 Å². The van der Waals surface area contributed by atoms with Gasteiger partial charge in [0.2, 0.25) is 11.8 Å². The molecule has 4 heterocycles. The highest BCUT2D eigenvalue weighted by molar-refractivity contribution is 6.28. The number of carbonyl (C=O) groups excluding carboxylic acids is 4. The standard InChI is InChI=1S/C28H21N3O4/c32-25-20-19-21-24(28(35)30(26(21)33)18-14-8-3-9-15-18)31(22(19)16-10-4-1-5-11-16)23(20)27(34)29(25)17-12-6-2-7-13-17/h1-15,19-24H/t19?,20-,21+,22?,23+,24-. The molecule has 0 spiro atoms. The number of imide groups is 2. The predicted molar refractivity (Wildman–Crippen MR) is 127 cm³/mol. The molecule has 0 radical (unpaired) electrons. The number of amides is 4. The Hall–Kier alpha value is -4.10. The summed E-state index contributed by atoms with van der Waals surface area (Å²) in [6.45, 7) is 0. The zero-order valence-corrected chi connectivity index (χ0v) is 18.6. The average molecular weight is 463 g/mol. The molecule has 0 N–H and O–H groups in total. The van der Waals surface area contributed by atoms with Crippen LogP contribution in [0.4, 0.5) is 11.4 Å². The maximum atomic E-state index is 13.8. The number of benzene rings is 3. The third-order valence-electron chi connectivity index (χ3n) is 7.97. The number of piperidine rings is 1. The van der Waals surface area contributed by atoms with Crippen molar-refractivity contribution in [2.75, 3.05) is 9.80 Å². The maximum absolute atomic E-state index is 13.8. The first kappa shape index (κ1) is 20.3. The van der Waals surface area contributed by atoms with Crippen molar-refractivity contribution in [2.45, 2.75) is 18.1 Å². The van der Waals surface area contributed by atoms with Gasteiger partial charge < -0.3 is 0 Å². The van der Waals surface area contributed by atoms with Crippen LogP contribution < -0.4 is 9.80 Å². The third-order valence-corrected chi connectivity index (χ3v) is 7.97. The second-order valence-electron chi connectivity index (χ2n) is 9.52. The number of hydrogen-bond donors (Lipinski definition) is 0. The Balaban J connectivity index is 1.36. The van der Waals surface area contributed by atoms with Crippen molar-refractivity contribution in [1.29, 1.82) is 0 Å². The summed E-state index contributed by atoms with van der Waals surface area (Å²) in [5, 5.41) is 0. The van der Waals surface area contributed by atoms with Gasteiger partial charge in [-0.05, 0) is 29.8 Å². The van der Waals surface area contributed by atoms with Gasteiger partial charge in [0.1, 0.15) is 12.1 Å². The smallest absolute Gasteiger partial charge is 0.251 e. The highest BCUT2D eigenvalue weighted by Crippen LogP contribution is 2.62. The fraction of sp³-hybridized carbons (Fsp3) is 0.214. The fourth-order valence-corrected chi connectivity index (χ4v) is 6.78. The van der Waals surface area contributed by atoms with Gasteiger partial charge >= 0.3 is 0 Å². The van der Waals surface area contributed by atoms with Gasteiger partial charge in [0.15, 0.2) is 0 Å².